The van der Waals surface area contributed by atoms with Crippen molar-refractivity contribution in [2.45, 2.75) is 58.8 Å². The molecule has 1 aromatic carbocycles. The molecule has 1 aliphatic heterocycles. The Morgan fingerprint density at radius 2 is 1.91 bits per heavy atom. The van der Waals surface area contributed by atoms with Gasteiger partial charge in [-0.25, -0.2) is 14.4 Å². The molecule has 0 N–H and O–H groups in total. The molecule has 2 aliphatic rings. The molecular weight excluding hydrogens is 427 g/mol. The van der Waals surface area contributed by atoms with Gasteiger partial charge >= 0.3 is 0 Å². The minimum absolute atomic E-state index is 0.221. The lowest BCUT2D eigenvalue weighted by Gasteiger charge is -2.39. The molecule has 2 heterocycles. The van der Waals surface area contributed by atoms with Gasteiger partial charge in [0.2, 0.25) is 5.91 Å². The highest BCUT2D eigenvalue weighted by Crippen LogP contribution is 2.32. The Labute approximate surface area is 195 Å². The van der Waals surface area contributed by atoms with E-state index in [0.717, 1.165) is 48.6 Å². The first kappa shape index (κ1) is 23.0. The van der Waals surface area contributed by atoms with Crippen LogP contribution in [0.3, 0.4) is 0 Å². The molecule has 7 heteroatoms. The number of halogens is 2. The summed E-state index contributed by atoms with van der Waals surface area (Å²) in [7, 11) is 0. The number of piperazine rings is 1. The Morgan fingerprint density at radius 3 is 2.50 bits per heavy atom. The Balaban J connectivity index is 1.63. The summed E-state index contributed by atoms with van der Waals surface area (Å²) >= 11 is 6.34. The van der Waals surface area contributed by atoms with Gasteiger partial charge in [0.25, 0.3) is 0 Å². The number of aromatic nitrogens is 2. The van der Waals surface area contributed by atoms with Gasteiger partial charge in [-0.15, -0.1) is 0 Å². The van der Waals surface area contributed by atoms with Crippen LogP contribution in [0.15, 0.2) is 18.2 Å². The topological polar surface area (TPSA) is 49.3 Å². The van der Waals surface area contributed by atoms with Crippen molar-refractivity contribution < 1.29 is 9.18 Å². The predicted octanol–water partition coefficient (Wildman–Crippen LogP) is 5.13. The molecule has 172 valence electrons. The van der Waals surface area contributed by atoms with E-state index >= 15 is 0 Å². The second kappa shape index (κ2) is 9.74. The number of hydrogen-bond acceptors (Lipinski definition) is 4. The van der Waals surface area contributed by atoms with Crippen molar-refractivity contribution in [3.8, 4) is 0 Å². The van der Waals surface area contributed by atoms with Crippen molar-refractivity contribution in [3.05, 3.63) is 51.7 Å². The van der Waals surface area contributed by atoms with E-state index in [2.05, 4.69) is 18.7 Å². The Kier molecular flexibility index (Phi) is 6.99. The summed E-state index contributed by atoms with van der Waals surface area (Å²) in [6.45, 7) is 9.03. The third kappa shape index (κ3) is 4.61. The molecule has 5 nitrogen and oxygen atoms in total. The highest BCUT2D eigenvalue weighted by atomic mass is 35.5. The van der Waals surface area contributed by atoms with Gasteiger partial charge in [0.1, 0.15) is 17.5 Å². The first-order chi connectivity index (χ1) is 15.4. The maximum absolute atomic E-state index is 14.6. The molecule has 0 unspecified atom stereocenters. The van der Waals surface area contributed by atoms with Gasteiger partial charge in [-0.2, -0.15) is 0 Å². The lowest BCUT2D eigenvalue weighted by Crippen LogP contribution is -2.51. The summed E-state index contributed by atoms with van der Waals surface area (Å²) < 4.78 is 14.6. The molecule has 1 saturated carbocycles. The molecule has 32 heavy (non-hydrogen) atoms. The molecule has 4 rings (SSSR count). The Hall–Kier alpha value is -2.21. The monoisotopic (exact) mass is 458 g/mol. The maximum Gasteiger partial charge on any atom is 0.225 e. The zero-order valence-electron chi connectivity index (χ0n) is 19.2. The van der Waals surface area contributed by atoms with Crippen LogP contribution in [-0.2, 0) is 11.2 Å². The first-order valence-electron chi connectivity index (χ1n) is 11.7. The Bertz CT molecular complexity index is 966. The lowest BCUT2D eigenvalue weighted by atomic mass is 9.84. The van der Waals surface area contributed by atoms with Crippen LogP contribution in [0.25, 0.3) is 0 Å². The van der Waals surface area contributed by atoms with Gasteiger partial charge in [-0.05, 0) is 38.3 Å². The molecule has 1 aliphatic carbocycles. The average Bonchev–Trinajstić information content (AvgIpc) is 2.75. The lowest BCUT2D eigenvalue weighted by molar-refractivity contribution is -0.138. The van der Waals surface area contributed by atoms with Gasteiger partial charge in [-0.1, -0.05) is 37.9 Å². The summed E-state index contributed by atoms with van der Waals surface area (Å²) in [6.07, 6.45) is 4.50. The van der Waals surface area contributed by atoms with Crippen LogP contribution in [0.5, 0.6) is 0 Å². The zero-order chi connectivity index (χ0) is 22.8. The van der Waals surface area contributed by atoms with E-state index in [-0.39, 0.29) is 17.7 Å². The standard InChI is InChI=1S/C25H32ClFN4O/c1-4-16(2)23-28-17(3)19(15-20-21(26)9-6-10-22(20)27)24(29-23)30-11-13-31(14-12-30)25(32)18-7-5-8-18/h6,9-10,16,18H,4-5,7-8,11-15H2,1-3H3/t16-/m0/s1. The molecule has 0 bridgehead atoms. The largest absolute Gasteiger partial charge is 0.353 e. The second-order valence-electron chi connectivity index (χ2n) is 9.10. The van der Waals surface area contributed by atoms with Crippen molar-refractivity contribution in [3.63, 3.8) is 0 Å². The number of hydrogen-bond donors (Lipinski definition) is 0. The van der Waals surface area contributed by atoms with E-state index in [0.29, 0.717) is 49.1 Å². The number of nitrogens with zero attached hydrogens (tertiary/aromatic N) is 4. The molecule has 1 aromatic heterocycles. The summed E-state index contributed by atoms with van der Waals surface area (Å²) in [5.74, 6) is 2.11. The summed E-state index contributed by atoms with van der Waals surface area (Å²) in [6, 6.07) is 4.78. The van der Waals surface area contributed by atoms with Gasteiger partial charge < -0.3 is 9.80 Å². The van der Waals surface area contributed by atoms with Crippen LogP contribution in [0.4, 0.5) is 10.2 Å². The van der Waals surface area contributed by atoms with E-state index in [1.807, 2.05) is 11.8 Å². The van der Waals surface area contributed by atoms with Crippen LogP contribution in [0.2, 0.25) is 5.02 Å². The molecule has 0 spiro atoms. The van der Waals surface area contributed by atoms with Crippen LogP contribution < -0.4 is 4.90 Å². The molecule has 1 amide bonds. The molecule has 1 saturated heterocycles. The fraction of sp³-hybridized carbons (Fsp3) is 0.560. The van der Waals surface area contributed by atoms with E-state index in [1.165, 1.54) is 6.07 Å². The summed E-state index contributed by atoms with van der Waals surface area (Å²) in [5.41, 5.74) is 2.23. The van der Waals surface area contributed by atoms with E-state index in [1.54, 1.807) is 12.1 Å². The van der Waals surface area contributed by atoms with Crippen LogP contribution >= 0.6 is 11.6 Å². The molecule has 1 atom stereocenters. The third-order valence-corrected chi connectivity index (χ3v) is 7.38. The summed E-state index contributed by atoms with van der Waals surface area (Å²) in [4.78, 5) is 26.6. The van der Waals surface area contributed by atoms with Crippen LogP contribution in [-0.4, -0.2) is 47.0 Å². The van der Waals surface area contributed by atoms with Gasteiger partial charge in [-0.3, -0.25) is 4.79 Å². The predicted molar refractivity (Wildman–Crippen MR) is 126 cm³/mol. The maximum atomic E-state index is 14.6. The van der Waals surface area contributed by atoms with Crippen molar-refractivity contribution in [2.75, 3.05) is 31.1 Å². The Morgan fingerprint density at radius 1 is 1.19 bits per heavy atom. The number of anilines is 1. The molecule has 2 fully saturated rings. The SMILES string of the molecule is CC[C@H](C)c1nc(C)c(Cc2c(F)cccc2Cl)c(N2CCN(C(=O)C3CCC3)CC2)n1. The normalized spacial score (nSPS) is 17.9. The number of benzene rings is 1. The van der Waals surface area contributed by atoms with Gasteiger partial charge in [0.15, 0.2) is 0 Å². The first-order valence-corrected chi connectivity index (χ1v) is 12.1. The zero-order valence-corrected chi connectivity index (χ0v) is 20.0. The van der Waals surface area contributed by atoms with E-state index in [4.69, 9.17) is 21.6 Å². The van der Waals surface area contributed by atoms with Gasteiger partial charge in [0, 0.05) is 66.3 Å². The van der Waals surface area contributed by atoms with E-state index in [9.17, 15) is 9.18 Å². The van der Waals surface area contributed by atoms with Crippen LogP contribution in [0.1, 0.15) is 68.1 Å². The minimum atomic E-state index is -0.315. The number of carbonyl (C=O) groups excluding carboxylic acids is 1. The third-order valence-electron chi connectivity index (χ3n) is 7.02. The van der Waals surface area contributed by atoms with Crippen molar-refractivity contribution in [2.24, 2.45) is 5.92 Å². The summed E-state index contributed by atoms with van der Waals surface area (Å²) in [5, 5.41) is 0.414. The quantitative estimate of drug-likeness (QED) is 0.602. The van der Waals surface area contributed by atoms with Crippen molar-refractivity contribution in [1.82, 2.24) is 14.9 Å². The van der Waals surface area contributed by atoms with Gasteiger partial charge in [0.05, 0.1) is 0 Å². The fourth-order valence-corrected chi connectivity index (χ4v) is 4.63. The van der Waals surface area contributed by atoms with Crippen molar-refractivity contribution >= 4 is 23.3 Å². The highest BCUT2D eigenvalue weighted by Gasteiger charge is 2.32. The number of aryl methyl sites for hydroxylation is 1. The highest BCUT2D eigenvalue weighted by molar-refractivity contribution is 6.31. The molecule has 0 radical (unpaired) electrons. The smallest absolute Gasteiger partial charge is 0.225 e. The van der Waals surface area contributed by atoms with Crippen molar-refractivity contribution in [1.29, 1.82) is 0 Å². The molecule has 2 aromatic rings. The van der Waals surface area contributed by atoms with E-state index < -0.39 is 0 Å². The minimum Gasteiger partial charge on any atom is -0.353 e. The molecular formula is C25H32ClFN4O. The number of rotatable bonds is 6. The second-order valence-corrected chi connectivity index (χ2v) is 9.50. The fourth-order valence-electron chi connectivity index (χ4n) is 4.40. The van der Waals surface area contributed by atoms with Crippen LogP contribution in [0, 0.1) is 18.7 Å². The number of amides is 1. The number of carbonyl (C=O) groups is 1. The average molecular weight is 459 g/mol.